The number of carbonyl (C=O) groups excluding carboxylic acids is 2. The van der Waals surface area contributed by atoms with Gasteiger partial charge in [0.25, 0.3) is 0 Å². The van der Waals surface area contributed by atoms with Crippen LogP contribution in [0.15, 0.2) is 24.3 Å². The van der Waals surface area contributed by atoms with Crippen molar-refractivity contribution in [1.29, 1.82) is 0 Å². The molecule has 1 saturated heterocycles. The highest BCUT2D eigenvalue weighted by Crippen LogP contribution is 2.20. The normalized spacial score (nSPS) is 15.2. The van der Waals surface area contributed by atoms with Gasteiger partial charge >= 0.3 is 0 Å². The minimum absolute atomic E-state index is 0.0613. The molecular weight excluding hydrogens is 350 g/mol. The van der Waals surface area contributed by atoms with Gasteiger partial charge in [0, 0.05) is 37.5 Å². The summed E-state index contributed by atoms with van der Waals surface area (Å²) in [5.41, 5.74) is 7.44. The van der Waals surface area contributed by atoms with Gasteiger partial charge in [-0.05, 0) is 38.0 Å². The van der Waals surface area contributed by atoms with Crippen molar-refractivity contribution in [3.05, 3.63) is 34.6 Å². The minimum Gasteiger partial charge on any atom is -0.369 e. The molecule has 3 N–H and O–H groups in total. The van der Waals surface area contributed by atoms with Crippen molar-refractivity contribution < 1.29 is 9.59 Å². The SMILES string of the molecule is Cc1cccc(-c2n[nH]c(=S)n2CCC(=O)N2CCC(C(N)=O)CC2)c1. The molecule has 0 unspecified atom stereocenters. The van der Waals surface area contributed by atoms with Crippen LogP contribution in [-0.4, -0.2) is 44.6 Å². The van der Waals surface area contributed by atoms with Gasteiger partial charge in [0.15, 0.2) is 10.6 Å². The largest absolute Gasteiger partial charge is 0.369 e. The van der Waals surface area contributed by atoms with Crippen LogP contribution in [0.2, 0.25) is 0 Å². The van der Waals surface area contributed by atoms with Gasteiger partial charge in [0.05, 0.1) is 0 Å². The number of nitrogens with zero attached hydrogens (tertiary/aromatic N) is 3. The van der Waals surface area contributed by atoms with Gasteiger partial charge in [0.1, 0.15) is 0 Å². The first-order valence-electron chi connectivity index (χ1n) is 8.75. The van der Waals surface area contributed by atoms with Gasteiger partial charge in [-0.2, -0.15) is 5.10 Å². The molecule has 26 heavy (non-hydrogen) atoms. The summed E-state index contributed by atoms with van der Waals surface area (Å²) < 4.78 is 2.36. The topological polar surface area (TPSA) is 97.0 Å². The highest BCUT2D eigenvalue weighted by atomic mass is 32.1. The highest BCUT2D eigenvalue weighted by molar-refractivity contribution is 7.71. The number of nitrogens with two attached hydrogens (primary N) is 1. The Morgan fingerprint density at radius 3 is 2.73 bits per heavy atom. The standard InChI is InChI=1S/C18H23N5O2S/c1-12-3-2-4-14(11-12)17-20-21-18(26)23(17)10-7-15(24)22-8-5-13(6-9-22)16(19)25/h2-4,11,13H,5-10H2,1H3,(H2,19,25)(H,21,26). The predicted molar refractivity (Wildman–Crippen MR) is 101 cm³/mol. The maximum atomic E-state index is 12.5. The first-order chi connectivity index (χ1) is 12.5. The monoisotopic (exact) mass is 373 g/mol. The van der Waals surface area contributed by atoms with Crippen LogP contribution in [0.25, 0.3) is 11.4 Å². The number of hydrogen-bond acceptors (Lipinski definition) is 4. The molecule has 3 rings (SSSR count). The number of benzene rings is 1. The van der Waals surface area contributed by atoms with Gasteiger partial charge in [-0.15, -0.1) is 0 Å². The molecule has 138 valence electrons. The Bertz CT molecular complexity index is 864. The van der Waals surface area contributed by atoms with Crippen LogP contribution in [0.3, 0.4) is 0 Å². The molecule has 0 saturated carbocycles. The quantitative estimate of drug-likeness (QED) is 0.784. The molecular formula is C18H23N5O2S. The summed E-state index contributed by atoms with van der Waals surface area (Å²) in [7, 11) is 0. The number of hydrogen-bond donors (Lipinski definition) is 2. The maximum absolute atomic E-state index is 12.5. The van der Waals surface area contributed by atoms with E-state index in [1.807, 2.05) is 35.8 Å². The second-order valence-electron chi connectivity index (χ2n) is 6.68. The molecule has 0 atom stereocenters. The van der Waals surface area contributed by atoms with E-state index in [0.717, 1.165) is 17.0 Å². The smallest absolute Gasteiger partial charge is 0.224 e. The van der Waals surface area contributed by atoms with Crippen molar-refractivity contribution in [1.82, 2.24) is 19.7 Å². The number of piperidine rings is 1. The summed E-state index contributed by atoms with van der Waals surface area (Å²) in [4.78, 5) is 25.6. The molecule has 2 heterocycles. The summed E-state index contributed by atoms with van der Waals surface area (Å²) >= 11 is 5.33. The highest BCUT2D eigenvalue weighted by Gasteiger charge is 2.25. The van der Waals surface area contributed by atoms with Crippen LogP contribution in [0.1, 0.15) is 24.8 Å². The molecule has 0 aliphatic carbocycles. The first-order valence-corrected chi connectivity index (χ1v) is 9.16. The molecule has 2 aromatic rings. The Labute approximate surface area is 157 Å². The summed E-state index contributed by atoms with van der Waals surface area (Å²) in [5.74, 6) is 0.407. The van der Waals surface area contributed by atoms with E-state index in [2.05, 4.69) is 10.2 Å². The number of aromatic amines is 1. The first kappa shape index (κ1) is 18.3. The number of carbonyl (C=O) groups is 2. The van der Waals surface area contributed by atoms with Gasteiger partial charge in [0.2, 0.25) is 11.8 Å². The molecule has 7 nitrogen and oxygen atoms in total. The van der Waals surface area contributed by atoms with Crippen molar-refractivity contribution in [2.75, 3.05) is 13.1 Å². The number of aryl methyl sites for hydroxylation is 1. The zero-order chi connectivity index (χ0) is 18.7. The molecule has 8 heteroatoms. The van der Waals surface area contributed by atoms with Crippen molar-refractivity contribution in [2.45, 2.75) is 32.7 Å². The summed E-state index contributed by atoms with van der Waals surface area (Å²) in [6.45, 7) is 3.64. The van der Waals surface area contributed by atoms with Crippen molar-refractivity contribution in [3.63, 3.8) is 0 Å². The van der Waals surface area contributed by atoms with Crippen LogP contribution in [0.4, 0.5) is 0 Å². The van der Waals surface area contributed by atoms with Crippen LogP contribution >= 0.6 is 12.2 Å². The minimum atomic E-state index is -0.274. The van der Waals surface area contributed by atoms with E-state index in [0.29, 0.717) is 43.7 Å². The third-order valence-corrected chi connectivity index (χ3v) is 5.15. The van der Waals surface area contributed by atoms with Crippen molar-refractivity contribution in [3.8, 4) is 11.4 Å². The predicted octanol–water partition coefficient (Wildman–Crippen LogP) is 2.03. The zero-order valence-corrected chi connectivity index (χ0v) is 15.6. The number of H-pyrrole nitrogens is 1. The second-order valence-corrected chi connectivity index (χ2v) is 7.07. The molecule has 0 spiro atoms. The van der Waals surface area contributed by atoms with Gasteiger partial charge in [-0.3, -0.25) is 19.3 Å². The molecule has 1 aromatic heterocycles. The second kappa shape index (κ2) is 7.82. The molecule has 1 aliphatic heterocycles. The summed E-state index contributed by atoms with van der Waals surface area (Å²) in [5, 5.41) is 7.13. The van der Waals surface area contributed by atoms with Crippen molar-refractivity contribution in [2.24, 2.45) is 11.7 Å². The van der Waals surface area contributed by atoms with Gasteiger partial charge < -0.3 is 10.6 Å². The maximum Gasteiger partial charge on any atom is 0.224 e. The molecule has 1 fully saturated rings. The van der Waals surface area contributed by atoms with E-state index in [1.54, 1.807) is 4.90 Å². The third kappa shape index (κ3) is 4.01. The number of aromatic nitrogens is 3. The molecule has 2 amide bonds. The Morgan fingerprint density at radius 1 is 1.35 bits per heavy atom. The van der Waals surface area contributed by atoms with E-state index in [-0.39, 0.29) is 17.7 Å². The lowest BCUT2D eigenvalue weighted by Gasteiger charge is -2.30. The third-order valence-electron chi connectivity index (χ3n) is 4.83. The van der Waals surface area contributed by atoms with Crippen LogP contribution in [0.5, 0.6) is 0 Å². The Morgan fingerprint density at radius 2 is 2.08 bits per heavy atom. The number of rotatable bonds is 5. The van der Waals surface area contributed by atoms with Crippen molar-refractivity contribution >= 4 is 24.0 Å². The van der Waals surface area contributed by atoms with E-state index < -0.39 is 0 Å². The lowest BCUT2D eigenvalue weighted by molar-refractivity contribution is -0.135. The van der Waals surface area contributed by atoms with E-state index in [9.17, 15) is 9.59 Å². The molecule has 0 radical (unpaired) electrons. The Kier molecular flexibility index (Phi) is 5.51. The fourth-order valence-electron chi connectivity index (χ4n) is 3.31. The molecule has 0 bridgehead atoms. The van der Waals surface area contributed by atoms with Gasteiger partial charge in [-0.25, -0.2) is 0 Å². The Balaban J connectivity index is 1.65. The van der Waals surface area contributed by atoms with Crippen LogP contribution in [-0.2, 0) is 16.1 Å². The zero-order valence-electron chi connectivity index (χ0n) is 14.8. The number of nitrogens with one attached hydrogen (secondary N) is 1. The lowest BCUT2D eigenvalue weighted by Crippen LogP contribution is -2.41. The van der Waals surface area contributed by atoms with Gasteiger partial charge in [-0.1, -0.05) is 23.8 Å². The fourth-order valence-corrected chi connectivity index (χ4v) is 3.53. The summed E-state index contributed by atoms with van der Waals surface area (Å²) in [6, 6.07) is 8.01. The number of primary amides is 1. The number of likely N-dealkylation sites (tertiary alicyclic amines) is 1. The van der Waals surface area contributed by atoms with E-state index >= 15 is 0 Å². The molecule has 1 aromatic carbocycles. The molecule has 1 aliphatic rings. The Hall–Kier alpha value is -2.48. The average Bonchev–Trinajstić information content (AvgIpc) is 3.00. The fraction of sp³-hybridized carbons (Fsp3) is 0.444. The van der Waals surface area contributed by atoms with Crippen LogP contribution in [0, 0.1) is 17.6 Å². The average molecular weight is 373 g/mol. The summed E-state index contributed by atoms with van der Waals surface area (Å²) in [6.07, 6.45) is 1.62. The lowest BCUT2D eigenvalue weighted by atomic mass is 9.96. The van der Waals surface area contributed by atoms with Crippen LogP contribution < -0.4 is 5.73 Å². The number of amides is 2. The van der Waals surface area contributed by atoms with E-state index in [4.69, 9.17) is 18.0 Å². The van der Waals surface area contributed by atoms with E-state index in [1.165, 1.54) is 0 Å².